The van der Waals surface area contributed by atoms with E-state index in [-0.39, 0.29) is 11.7 Å². The molecule has 110 valence electrons. The fraction of sp³-hybridized carbons (Fsp3) is 0.417. The first-order chi connectivity index (χ1) is 9.22. The largest absolute Gasteiger partial charge is 0.480 e. The molecule has 0 fully saturated rings. The van der Waals surface area contributed by atoms with Crippen molar-refractivity contribution in [2.45, 2.75) is 32.4 Å². The molecule has 0 radical (unpaired) electrons. The number of carboxylic acids is 1. The molecule has 2 amide bonds. The Labute approximate surface area is 120 Å². The van der Waals surface area contributed by atoms with Crippen molar-refractivity contribution in [2.75, 3.05) is 0 Å². The molecule has 7 nitrogen and oxygen atoms in total. The summed E-state index contributed by atoms with van der Waals surface area (Å²) in [5, 5.41) is 11.6. The van der Waals surface area contributed by atoms with Gasteiger partial charge in [0.15, 0.2) is 0 Å². The second-order valence-electron chi connectivity index (χ2n) is 4.58. The van der Waals surface area contributed by atoms with E-state index < -0.39 is 30.2 Å². The number of carbonyl (C=O) groups is 3. The Balaban J connectivity index is 2.94. The molecule has 1 heterocycles. The van der Waals surface area contributed by atoms with Gasteiger partial charge >= 0.3 is 5.97 Å². The number of amides is 2. The Kier molecular flexibility index (Phi) is 5.15. The molecule has 1 aromatic heterocycles. The van der Waals surface area contributed by atoms with Crippen LogP contribution in [-0.2, 0) is 9.59 Å². The van der Waals surface area contributed by atoms with Crippen LogP contribution in [0.2, 0.25) is 5.02 Å². The average molecular weight is 302 g/mol. The maximum absolute atomic E-state index is 12.1. The summed E-state index contributed by atoms with van der Waals surface area (Å²) in [6.45, 7) is 3.70. The van der Waals surface area contributed by atoms with Crippen LogP contribution in [0.5, 0.6) is 0 Å². The van der Waals surface area contributed by atoms with Gasteiger partial charge in [0, 0.05) is 12.2 Å². The number of hydrogen-bond donors (Lipinski definition) is 3. The summed E-state index contributed by atoms with van der Waals surface area (Å²) in [5.41, 5.74) is 5.17. The van der Waals surface area contributed by atoms with E-state index in [1.54, 1.807) is 10.8 Å². The summed E-state index contributed by atoms with van der Waals surface area (Å²) in [4.78, 5) is 33.8. The van der Waals surface area contributed by atoms with Crippen molar-refractivity contribution in [1.29, 1.82) is 0 Å². The zero-order valence-electron chi connectivity index (χ0n) is 11.1. The van der Waals surface area contributed by atoms with Crippen LogP contribution in [0.15, 0.2) is 12.3 Å². The van der Waals surface area contributed by atoms with Gasteiger partial charge in [-0.15, -0.1) is 0 Å². The van der Waals surface area contributed by atoms with Crippen LogP contribution >= 0.6 is 11.6 Å². The normalized spacial score (nSPS) is 12.2. The summed E-state index contributed by atoms with van der Waals surface area (Å²) in [5.74, 6) is -2.76. The molecule has 0 aliphatic carbocycles. The molecular weight excluding hydrogens is 286 g/mol. The average Bonchev–Trinajstić information content (AvgIpc) is 2.69. The highest BCUT2D eigenvalue weighted by Crippen LogP contribution is 2.19. The Morgan fingerprint density at radius 1 is 1.45 bits per heavy atom. The minimum absolute atomic E-state index is 0.0253. The molecule has 4 N–H and O–H groups in total. The maximum atomic E-state index is 12.1. The predicted octanol–water partition coefficient (Wildman–Crippen LogP) is 0.781. The first-order valence-electron chi connectivity index (χ1n) is 5.91. The fourth-order valence-corrected chi connectivity index (χ4v) is 1.90. The van der Waals surface area contributed by atoms with Gasteiger partial charge in [-0.25, -0.2) is 4.79 Å². The molecule has 1 rings (SSSR count). The molecule has 1 atom stereocenters. The van der Waals surface area contributed by atoms with E-state index in [0.717, 1.165) is 0 Å². The van der Waals surface area contributed by atoms with E-state index in [4.69, 9.17) is 22.4 Å². The number of aromatic nitrogens is 1. The van der Waals surface area contributed by atoms with Crippen LogP contribution in [0.25, 0.3) is 0 Å². The first kappa shape index (κ1) is 16.0. The maximum Gasteiger partial charge on any atom is 0.326 e. The van der Waals surface area contributed by atoms with Crippen LogP contribution < -0.4 is 11.1 Å². The van der Waals surface area contributed by atoms with Crippen LogP contribution in [-0.4, -0.2) is 33.5 Å². The summed E-state index contributed by atoms with van der Waals surface area (Å²) in [7, 11) is 0. The van der Waals surface area contributed by atoms with Crippen molar-refractivity contribution in [3.05, 3.63) is 23.0 Å². The van der Waals surface area contributed by atoms with Crippen molar-refractivity contribution in [3.63, 3.8) is 0 Å². The highest BCUT2D eigenvalue weighted by atomic mass is 35.5. The van der Waals surface area contributed by atoms with Gasteiger partial charge in [0.05, 0.1) is 11.4 Å². The third kappa shape index (κ3) is 3.99. The molecule has 0 bridgehead atoms. The van der Waals surface area contributed by atoms with Gasteiger partial charge < -0.3 is 20.7 Å². The number of halogens is 1. The number of hydrogen-bond acceptors (Lipinski definition) is 3. The first-order valence-corrected chi connectivity index (χ1v) is 6.29. The SMILES string of the molecule is CC(C)n1cc(Cl)cc1C(=O)N[C@H](CC(N)=O)C(=O)O. The quantitative estimate of drug-likeness (QED) is 0.720. The monoisotopic (exact) mass is 301 g/mol. The molecule has 8 heteroatoms. The number of nitrogens with one attached hydrogen (secondary N) is 1. The highest BCUT2D eigenvalue weighted by Gasteiger charge is 2.24. The van der Waals surface area contributed by atoms with Crippen LogP contribution in [0.3, 0.4) is 0 Å². The lowest BCUT2D eigenvalue weighted by atomic mass is 10.2. The zero-order chi connectivity index (χ0) is 15.4. The number of primary amides is 1. The molecule has 0 spiro atoms. The van der Waals surface area contributed by atoms with E-state index >= 15 is 0 Å². The zero-order valence-corrected chi connectivity index (χ0v) is 11.8. The van der Waals surface area contributed by atoms with Crippen LogP contribution in [0, 0.1) is 0 Å². The molecule has 0 saturated carbocycles. The Bertz CT molecular complexity index is 539. The lowest BCUT2D eigenvalue weighted by molar-refractivity contribution is -0.140. The topological polar surface area (TPSA) is 114 Å². The molecule has 0 aliphatic heterocycles. The minimum Gasteiger partial charge on any atom is -0.480 e. The summed E-state index contributed by atoms with van der Waals surface area (Å²) in [6.07, 6.45) is 1.10. The number of nitrogens with two attached hydrogens (primary N) is 1. The number of rotatable bonds is 6. The van der Waals surface area contributed by atoms with E-state index in [1.165, 1.54) is 6.07 Å². The van der Waals surface area contributed by atoms with E-state index in [9.17, 15) is 14.4 Å². The Morgan fingerprint density at radius 3 is 2.50 bits per heavy atom. The van der Waals surface area contributed by atoms with Crippen molar-refractivity contribution in [2.24, 2.45) is 5.73 Å². The number of nitrogens with zero attached hydrogens (tertiary/aromatic N) is 1. The molecule has 0 unspecified atom stereocenters. The molecule has 0 saturated heterocycles. The predicted molar refractivity (Wildman–Crippen MR) is 72.5 cm³/mol. The van der Waals surface area contributed by atoms with E-state index in [0.29, 0.717) is 5.02 Å². The lowest BCUT2D eigenvalue weighted by Gasteiger charge is -2.16. The Hall–Kier alpha value is -2.02. The highest BCUT2D eigenvalue weighted by molar-refractivity contribution is 6.31. The lowest BCUT2D eigenvalue weighted by Crippen LogP contribution is -2.43. The Morgan fingerprint density at radius 2 is 2.05 bits per heavy atom. The smallest absolute Gasteiger partial charge is 0.326 e. The third-order valence-corrected chi connectivity index (χ3v) is 2.82. The number of carboxylic acid groups (broad SMARTS) is 1. The van der Waals surface area contributed by atoms with Gasteiger partial charge in [0.1, 0.15) is 11.7 Å². The number of aliphatic carboxylic acids is 1. The van der Waals surface area contributed by atoms with Crippen LogP contribution in [0.1, 0.15) is 36.8 Å². The molecular formula is C12H16ClN3O4. The van der Waals surface area contributed by atoms with Gasteiger partial charge in [0.2, 0.25) is 5.91 Å². The van der Waals surface area contributed by atoms with Crippen molar-refractivity contribution < 1.29 is 19.5 Å². The second kappa shape index (κ2) is 6.42. The molecule has 0 aromatic carbocycles. The van der Waals surface area contributed by atoms with Gasteiger partial charge in [0.25, 0.3) is 5.91 Å². The van der Waals surface area contributed by atoms with Gasteiger partial charge in [-0.05, 0) is 19.9 Å². The summed E-state index contributed by atoms with van der Waals surface area (Å²) < 4.78 is 1.61. The summed E-state index contributed by atoms with van der Waals surface area (Å²) >= 11 is 5.85. The summed E-state index contributed by atoms with van der Waals surface area (Å²) in [6, 6.07) is 0.0389. The third-order valence-electron chi connectivity index (χ3n) is 2.61. The van der Waals surface area contributed by atoms with Crippen molar-refractivity contribution in [1.82, 2.24) is 9.88 Å². The van der Waals surface area contributed by atoms with Crippen LogP contribution in [0.4, 0.5) is 0 Å². The molecule has 0 aliphatic rings. The number of carbonyl (C=O) groups excluding carboxylic acids is 2. The van der Waals surface area contributed by atoms with Gasteiger partial charge in [-0.1, -0.05) is 11.6 Å². The molecule has 1 aromatic rings. The van der Waals surface area contributed by atoms with Crippen molar-refractivity contribution in [3.8, 4) is 0 Å². The van der Waals surface area contributed by atoms with Crippen molar-refractivity contribution >= 4 is 29.4 Å². The minimum atomic E-state index is -1.37. The van der Waals surface area contributed by atoms with E-state index in [2.05, 4.69) is 5.32 Å². The van der Waals surface area contributed by atoms with Gasteiger partial charge in [-0.3, -0.25) is 9.59 Å². The van der Waals surface area contributed by atoms with E-state index in [1.807, 2.05) is 13.8 Å². The second-order valence-corrected chi connectivity index (χ2v) is 5.02. The molecule has 20 heavy (non-hydrogen) atoms. The standard InChI is InChI=1S/C12H16ClN3O4/c1-6(2)16-5-7(13)3-9(16)11(18)15-8(12(19)20)4-10(14)17/h3,5-6,8H,4H2,1-2H3,(H2,14,17)(H,15,18)(H,19,20)/t8-/m1/s1. The van der Waals surface area contributed by atoms with Gasteiger partial charge in [-0.2, -0.15) is 0 Å². The fourth-order valence-electron chi connectivity index (χ4n) is 1.69.